The van der Waals surface area contributed by atoms with Gasteiger partial charge in [-0.05, 0) is 50.2 Å². The van der Waals surface area contributed by atoms with E-state index in [1.54, 1.807) is 43.4 Å². The highest BCUT2D eigenvalue weighted by molar-refractivity contribution is 6.30. The topological polar surface area (TPSA) is 67.9 Å². The van der Waals surface area contributed by atoms with Gasteiger partial charge in [-0.15, -0.1) is 0 Å². The Kier molecular flexibility index (Phi) is 6.87. The van der Waals surface area contributed by atoms with Gasteiger partial charge >= 0.3 is 0 Å². The van der Waals surface area contributed by atoms with Gasteiger partial charge in [0, 0.05) is 41.2 Å². The molecule has 0 aromatic heterocycles. The Balaban J connectivity index is 1.97. The van der Waals surface area contributed by atoms with Crippen LogP contribution in [0.25, 0.3) is 0 Å². The zero-order valence-electron chi connectivity index (χ0n) is 17.6. The number of methoxy groups -OCH3 is 2. The van der Waals surface area contributed by atoms with Crippen LogP contribution in [0, 0.1) is 5.92 Å². The van der Waals surface area contributed by atoms with Gasteiger partial charge in [0.15, 0.2) is 0 Å². The predicted octanol–water partition coefficient (Wildman–Crippen LogP) is 3.74. The Hall–Kier alpha value is -2.73. The van der Waals surface area contributed by atoms with Gasteiger partial charge in [-0.3, -0.25) is 9.59 Å². The normalized spacial score (nSPS) is 18.4. The van der Waals surface area contributed by atoms with E-state index < -0.39 is 5.92 Å². The quantitative estimate of drug-likeness (QED) is 0.758. The monoisotopic (exact) mass is 430 g/mol. The number of hydrogen-bond acceptors (Lipinski definition) is 4. The molecule has 1 saturated heterocycles. The standard InChI is InChI=1S/C23H27ClN2O4/c1-14(2)25-22(27)20-13-26(23(28)15-6-5-7-16(24)10-15)12-19(20)18-11-17(29-3)8-9-21(18)30-4/h5-11,14,19-20H,12-13H2,1-4H3,(H,25,27)/t19-,20+/m1/s1. The van der Waals surface area contributed by atoms with Crippen molar-refractivity contribution in [3.8, 4) is 11.5 Å². The van der Waals surface area contributed by atoms with Gasteiger partial charge in [-0.1, -0.05) is 17.7 Å². The van der Waals surface area contributed by atoms with E-state index in [0.717, 1.165) is 5.56 Å². The zero-order valence-corrected chi connectivity index (χ0v) is 18.4. The highest BCUT2D eigenvalue weighted by Crippen LogP contribution is 2.40. The number of rotatable bonds is 6. The van der Waals surface area contributed by atoms with Crippen molar-refractivity contribution in [1.82, 2.24) is 10.2 Å². The molecule has 2 aromatic carbocycles. The summed E-state index contributed by atoms with van der Waals surface area (Å²) in [5, 5.41) is 3.49. The molecular formula is C23H27ClN2O4. The van der Waals surface area contributed by atoms with Gasteiger partial charge in [0.2, 0.25) is 5.91 Å². The summed E-state index contributed by atoms with van der Waals surface area (Å²) in [5.74, 6) is 0.479. The summed E-state index contributed by atoms with van der Waals surface area (Å²) in [4.78, 5) is 27.8. The van der Waals surface area contributed by atoms with E-state index in [4.69, 9.17) is 21.1 Å². The third kappa shape index (κ3) is 4.70. The highest BCUT2D eigenvalue weighted by atomic mass is 35.5. The van der Waals surface area contributed by atoms with E-state index in [1.165, 1.54) is 0 Å². The number of benzene rings is 2. The van der Waals surface area contributed by atoms with Crippen molar-refractivity contribution in [2.75, 3.05) is 27.3 Å². The average molecular weight is 431 g/mol. The van der Waals surface area contributed by atoms with Gasteiger partial charge in [-0.2, -0.15) is 0 Å². The first-order valence-corrected chi connectivity index (χ1v) is 10.3. The lowest BCUT2D eigenvalue weighted by molar-refractivity contribution is -0.125. The van der Waals surface area contributed by atoms with Crippen molar-refractivity contribution >= 4 is 23.4 Å². The molecule has 160 valence electrons. The summed E-state index contributed by atoms with van der Waals surface area (Å²) in [6.45, 7) is 4.55. The minimum Gasteiger partial charge on any atom is -0.497 e. The Labute approximate surface area is 182 Å². The summed E-state index contributed by atoms with van der Waals surface area (Å²) in [7, 11) is 3.19. The number of amides is 2. The first-order valence-electron chi connectivity index (χ1n) is 9.91. The lowest BCUT2D eigenvalue weighted by Crippen LogP contribution is -2.39. The number of hydrogen-bond donors (Lipinski definition) is 1. The molecule has 0 bridgehead atoms. The predicted molar refractivity (Wildman–Crippen MR) is 116 cm³/mol. The minimum absolute atomic E-state index is 0.00281. The molecule has 6 nitrogen and oxygen atoms in total. The lowest BCUT2D eigenvalue weighted by Gasteiger charge is -2.22. The fourth-order valence-corrected chi connectivity index (χ4v) is 4.07. The first-order chi connectivity index (χ1) is 14.3. The fraction of sp³-hybridized carbons (Fsp3) is 0.391. The number of halogens is 1. The molecule has 30 heavy (non-hydrogen) atoms. The molecule has 0 aliphatic carbocycles. The van der Waals surface area contributed by atoms with E-state index >= 15 is 0 Å². The third-order valence-corrected chi connectivity index (χ3v) is 5.52. The van der Waals surface area contributed by atoms with Crippen LogP contribution in [0.15, 0.2) is 42.5 Å². The summed E-state index contributed by atoms with van der Waals surface area (Å²) < 4.78 is 10.9. The van der Waals surface area contributed by atoms with E-state index in [0.29, 0.717) is 35.2 Å². The second kappa shape index (κ2) is 9.39. The van der Waals surface area contributed by atoms with Crippen LogP contribution in [0.1, 0.15) is 35.7 Å². The molecule has 2 atom stereocenters. The van der Waals surface area contributed by atoms with Crippen LogP contribution in [0.3, 0.4) is 0 Å². The number of carbonyl (C=O) groups is 2. The molecule has 1 heterocycles. The maximum atomic E-state index is 13.1. The molecule has 1 aliphatic heterocycles. The largest absolute Gasteiger partial charge is 0.497 e. The van der Waals surface area contributed by atoms with E-state index in [2.05, 4.69) is 5.32 Å². The summed E-state index contributed by atoms with van der Waals surface area (Å²) in [5.41, 5.74) is 1.35. The number of nitrogens with one attached hydrogen (secondary N) is 1. The van der Waals surface area contributed by atoms with Crippen LogP contribution in [0.2, 0.25) is 5.02 Å². The van der Waals surface area contributed by atoms with Crippen molar-refractivity contribution < 1.29 is 19.1 Å². The van der Waals surface area contributed by atoms with Gasteiger partial charge in [-0.25, -0.2) is 0 Å². The van der Waals surface area contributed by atoms with Crippen molar-refractivity contribution in [2.45, 2.75) is 25.8 Å². The van der Waals surface area contributed by atoms with Crippen LogP contribution >= 0.6 is 11.6 Å². The second-order valence-electron chi connectivity index (χ2n) is 7.70. The van der Waals surface area contributed by atoms with Crippen LogP contribution in [-0.2, 0) is 4.79 Å². The van der Waals surface area contributed by atoms with Crippen molar-refractivity contribution in [3.63, 3.8) is 0 Å². The molecule has 7 heteroatoms. The van der Waals surface area contributed by atoms with Gasteiger partial charge < -0.3 is 19.7 Å². The average Bonchev–Trinajstić information content (AvgIpc) is 3.17. The van der Waals surface area contributed by atoms with Crippen molar-refractivity contribution in [2.24, 2.45) is 5.92 Å². The second-order valence-corrected chi connectivity index (χ2v) is 8.14. The smallest absolute Gasteiger partial charge is 0.253 e. The fourth-order valence-electron chi connectivity index (χ4n) is 3.88. The molecule has 0 saturated carbocycles. The van der Waals surface area contributed by atoms with E-state index in [9.17, 15) is 9.59 Å². The van der Waals surface area contributed by atoms with Crippen LogP contribution in [0.5, 0.6) is 11.5 Å². The number of ether oxygens (including phenoxy) is 2. The maximum absolute atomic E-state index is 13.1. The molecule has 2 aromatic rings. The van der Waals surface area contributed by atoms with Crippen molar-refractivity contribution in [3.05, 3.63) is 58.6 Å². The van der Waals surface area contributed by atoms with Gasteiger partial charge in [0.25, 0.3) is 5.91 Å². The van der Waals surface area contributed by atoms with Crippen LogP contribution in [0.4, 0.5) is 0 Å². The molecule has 3 rings (SSSR count). The van der Waals surface area contributed by atoms with E-state index in [-0.39, 0.29) is 23.8 Å². The number of carbonyl (C=O) groups excluding carboxylic acids is 2. The molecule has 0 radical (unpaired) electrons. The Morgan fingerprint density at radius 3 is 2.50 bits per heavy atom. The van der Waals surface area contributed by atoms with E-state index in [1.807, 2.05) is 32.0 Å². The van der Waals surface area contributed by atoms with Crippen LogP contribution in [-0.4, -0.2) is 50.1 Å². The zero-order chi connectivity index (χ0) is 21.8. The highest BCUT2D eigenvalue weighted by Gasteiger charge is 2.42. The molecule has 1 aliphatic rings. The number of nitrogens with zero attached hydrogens (tertiary/aromatic N) is 1. The molecule has 2 amide bonds. The SMILES string of the molecule is COc1ccc(OC)c([C@H]2CN(C(=O)c3cccc(Cl)c3)C[C@@H]2C(=O)NC(C)C)c1. The Morgan fingerprint density at radius 2 is 1.87 bits per heavy atom. The van der Waals surface area contributed by atoms with Gasteiger partial charge in [0.1, 0.15) is 11.5 Å². The maximum Gasteiger partial charge on any atom is 0.253 e. The molecule has 0 spiro atoms. The first kappa shape index (κ1) is 22.0. The Bertz CT molecular complexity index is 931. The summed E-state index contributed by atoms with van der Waals surface area (Å²) in [6, 6.07) is 12.4. The van der Waals surface area contributed by atoms with Crippen LogP contribution < -0.4 is 14.8 Å². The Morgan fingerprint density at radius 1 is 1.10 bits per heavy atom. The third-order valence-electron chi connectivity index (χ3n) is 5.28. The molecule has 1 fully saturated rings. The van der Waals surface area contributed by atoms with Gasteiger partial charge in [0.05, 0.1) is 20.1 Å². The molecular weight excluding hydrogens is 404 g/mol. The summed E-state index contributed by atoms with van der Waals surface area (Å²) >= 11 is 6.06. The van der Waals surface area contributed by atoms with Crippen molar-refractivity contribution in [1.29, 1.82) is 0 Å². The molecule has 1 N–H and O–H groups in total. The lowest BCUT2D eigenvalue weighted by atomic mass is 9.87. The summed E-state index contributed by atoms with van der Waals surface area (Å²) in [6.07, 6.45) is 0. The molecule has 0 unspecified atom stereocenters. The number of likely N-dealkylation sites (tertiary alicyclic amines) is 1. The minimum atomic E-state index is -0.406.